The number of anilines is 2. The van der Waals surface area contributed by atoms with Crippen molar-refractivity contribution in [2.75, 3.05) is 24.3 Å². The number of carbonyl (C=O) groups excluding carboxylic acids is 2. The molecule has 0 aromatic heterocycles. The van der Waals surface area contributed by atoms with Crippen molar-refractivity contribution in [3.05, 3.63) is 98.3 Å². The van der Waals surface area contributed by atoms with Crippen LogP contribution in [0.2, 0.25) is 5.02 Å². The molecule has 158 valence electrons. The van der Waals surface area contributed by atoms with Crippen molar-refractivity contribution in [3.63, 3.8) is 0 Å². The van der Waals surface area contributed by atoms with Crippen LogP contribution in [0.5, 0.6) is 0 Å². The molecule has 0 atom stereocenters. The smallest absolute Gasteiger partial charge is 0.293 e. The highest BCUT2D eigenvalue weighted by Crippen LogP contribution is 2.29. The quantitative estimate of drug-likeness (QED) is 0.332. The maximum atomic E-state index is 14.0. The molecule has 0 saturated heterocycles. The molecule has 3 rings (SSSR count). The van der Waals surface area contributed by atoms with Gasteiger partial charge in [0.15, 0.2) is 5.78 Å². The highest BCUT2D eigenvalue weighted by atomic mass is 35.5. The summed E-state index contributed by atoms with van der Waals surface area (Å²) in [6.07, 6.45) is 0. The zero-order chi connectivity index (χ0) is 22.7. The summed E-state index contributed by atoms with van der Waals surface area (Å²) in [5, 5.41) is 14.0. The van der Waals surface area contributed by atoms with Gasteiger partial charge in [-0.3, -0.25) is 19.7 Å². The first-order chi connectivity index (χ1) is 14.7. The molecule has 0 spiro atoms. The van der Waals surface area contributed by atoms with E-state index in [0.717, 1.165) is 6.07 Å². The van der Waals surface area contributed by atoms with Gasteiger partial charge in [0.05, 0.1) is 16.2 Å². The fourth-order valence-electron chi connectivity index (χ4n) is 3.00. The molecule has 0 bridgehead atoms. The summed E-state index contributed by atoms with van der Waals surface area (Å²) < 4.78 is 14.0. The SMILES string of the molecule is CN(C)c1ccc(C(=O)c2ccccc2C(=O)Nc2ccc(Cl)cc2F)cc1[N+](=O)[O-]. The van der Waals surface area contributed by atoms with Gasteiger partial charge in [0, 0.05) is 36.3 Å². The van der Waals surface area contributed by atoms with Gasteiger partial charge in [0.25, 0.3) is 11.6 Å². The largest absolute Gasteiger partial charge is 0.372 e. The van der Waals surface area contributed by atoms with Gasteiger partial charge >= 0.3 is 0 Å². The normalized spacial score (nSPS) is 10.5. The Labute approximate surface area is 182 Å². The van der Waals surface area contributed by atoms with E-state index < -0.39 is 22.4 Å². The van der Waals surface area contributed by atoms with Crippen LogP contribution in [-0.4, -0.2) is 30.7 Å². The van der Waals surface area contributed by atoms with E-state index in [1.165, 1.54) is 42.5 Å². The molecule has 7 nitrogen and oxygen atoms in total. The summed E-state index contributed by atoms with van der Waals surface area (Å²) in [6.45, 7) is 0. The molecule has 1 amide bonds. The molecule has 31 heavy (non-hydrogen) atoms. The predicted octanol–water partition coefficient (Wildman–Crippen LogP) is 4.94. The van der Waals surface area contributed by atoms with E-state index in [1.54, 1.807) is 31.1 Å². The molecule has 0 aliphatic rings. The number of hydrogen-bond donors (Lipinski definition) is 1. The Bertz CT molecular complexity index is 1200. The molecular formula is C22H17ClFN3O4. The second kappa shape index (κ2) is 8.93. The third-order valence-electron chi connectivity index (χ3n) is 4.51. The summed E-state index contributed by atoms with van der Waals surface area (Å²) in [6, 6.07) is 13.9. The van der Waals surface area contributed by atoms with Crippen LogP contribution in [0.15, 0.2) is 60.7 Å². The van der Waals surface area contributed by atoms with E-state index in [4.69, 9.17) is 11.6 Å². The van der Waals surface area contributed by atoms with Crippen LogP contribution in [0.25, 0.3) is 0 Å². The maximum absolute atomic E-state index is 14.0. The molecular weight excluding hydrogens is 425 g/mol. The van der Waals surface area contributed by atoms with Crippen LogP contribution in [-0.2, 0) is 0 Å². The van der Waals surface area contributed by atoms with E-state index in [1.807, 2.05) is 0 Å². The van der Waals surface area contributed by atoms with Gasteiger partial charge in [-0.2, -0.15) is 0 Å². The van der Waals surface area contributed by atoms with E-state index in [-0.39, 0.29) is 33.1 Å². The fourth-order valence-corrected chi connectivity index (χ4v) is 3.16. The monoisotopic (exact) mass is 441 g/mol. The van der Waals surface area contributed by atoms with Gasteiger partial charge in [-0.25, -0.2) is 4.39 Å². The summed E-state index contributed by atoms with van der Waals surface area (Å²) in [7, 11) is 3.30. The molecule has 0 radical (unpaired) electrons. The van der Waals surface area contributed by atoms with Gasteiger partial charge in [0.1, 0.15) is 11.5 Å². The first-order valence-corrected chi connectivity index (χ1v) is 9.42. The third kappa shape index (κ3) is 4.70. The van der Waals surface area contributed by atoms with Crippen LogP contribution < -0.4 is 10.2 Å². The molecule has 0 aliphatic heterocycles. The molecule has 3 aromatic rings. The number of hydrogen-bond acceptors (Lipinski definition) is 5. The number of amides is 1. The number of rotatable bonds is 6. The number of benzene rings is 3. The average Bonchev–Trinajstić information content (AvgIpc) is 2.74. The number of nitrogens with one attached hydrogen (secondary N) is 1. The Morgan fingerprint density at radius 3 is 2.32 bits per heavy atom. The van der Waals surface area contributed by atoms with Crippen molar-refractivity contribution >= 4 is 40.4 Å². The van der Waals surface area contributed by atoms with E-state index in [9.17, 15) is 24.1 Å². The second-order valence-electron chi connectivity index (χ2n) is 6.81. The Balaban J connectivity index is 1.98. The van der Waals surface area contributed by atoms with Gasteiger partial charge in [-0.1, -0.05) is 29.8 Å². The summed E-state index contributed by atoms with van der Waals surface area (Å²) in [5.41, 5.74) is 0.0899. The first-order valence-electron chi connectivity index (χ1n) is 9.05. The molecule has 0 unspecified atom stereocenters. The number of carbonyl (C=O) groups is 2. The summed E-state index contributed by atoms with van der Waals surface area (Å²) >= 11 is 5.72. The Morgan fingerprint density at radius 2 is 1.71 bits per heavy atom. The lowest BCUT2D eigenvalue weighted by atomic mass is 9.97. The lowest BCUT2D eigenvalue weighted by Crippen LogP contribution is -2.18. The number of ketones is 1. The number of nitrogens with zero attached hydrogens (tertiary/aromatic N) is 2. The van der Waals surface area contributed by atoms with Crippen LogP contribution >= 0.6 is 11.6 Å². The molecule has 0 heterocycles. The van der Waals surface area contributed by atoms with E-state index >= 15 is 0 Å². The second-order valence-corrected chi connectivity index (χ2v) is 7.24. The average molecular weight is 442 g/mol. The van der Waals surface area contributed by atoms with Crippen molar-refractivity contribution in [3.8, 4) is 0 Å². The third-order valence-corrected chi connectivity index (χ3v) is 4.75. The highest BCUT2D eigenvalue weighted by molar-refractivity contribution is 6.30. The van der Waals surface area contributed by atoms with Crippen molar-refractivity contribution < 1.29 is 18.9 Å². The summed E-state index contributed by atoms with van der Waals surface area (Å²) in [4.78, 5) is 38.3. The highest BCUT2D eigenvalue weighted by Gasteiger charge is 2.23. The van der Waals surface area contributed by atoms with Gasteiger partial charge in [-0.15, -0.1) is 0 Å². The number of nitro benzene ring substituents is 1. The van der Waals surface area contributed by atoms with Crippen molar-refractivity contribution in [2.45, 2.75) is 0 Å². The van der Waals surface area contributed by atoms with Crippen LogP contribution in [0, 0.1) is 15.9 Å². The number of nitro groups is 1. The Morgan fingerprint density at radius 1 is 1.03 bits per heavy atom. The van der Waals surface area contributed by atoms with Crippen molar-refractivity contribution in [1.82, 2.24) is 0 Å². The topological polar surface area (TPSA) is 92.6 Å². The fraction of sp³-hybridized carbons (Fsp3) is 0.0909. The number of halogens is 2. The molecule has 0 aliphatic carbocycles. The zero-order valence-electron chi connectivity index (χ0n) is 16.6. The summed E-state index contributed by atoms with van der Waals surface area (Å²) in [5.74, 6) is -2.00. The molecule has 9 heteroatoms. The first kappa shape index (κ1) is 21.9. The van der Waals surface area contributed by atoms with Crippen molar-refractivity contribution in [2.24, 2.45) is 0 Å². The van der Waals surface area contributed by atoms with E-state index in [0.29, 0.717) is 5.69 Å². The standard InChI is InChI=1S/C22H17ClFN3O4/c1-26(2)19-10-7-13(11-20(19)27(30)31)21(28)15-5-3-4-6-16(15)22(29)25-18-9-8-14(23)12-17(18)24/h3-12H,1-2H3,(H,25,29). The maximum Gasteiger partial charge on any atom is 0.293 e. The van der Waals surface area contributed by atoms with E-state index in [2.05, 4.69) is 5.32 Å². The Kier molecular flexibility index (Phi) is 6.31. The lowest BCUT2D eigenvalue weighted by molar-refractivity contribution is -0.384. The Hall–Kier alpha value is -3.78. The minimum atomic E-state index is -0.723. The van der Waals surface area contributed by atoms with Crippen LogP contribution in [0.1, 0.15) is 26.3 Å². The van der Waals surface area contributed by atoms with Crippen LogP contribution in [0.4, 0.5) is 21.5 Å². The molecule has 0 saturated carbocycles. The van der Waals surface area contributed by atoms with Gasteiger partial charge < -0.3 is 10.2 Å². The minimum Gasteiger partial charge on any atom is -0.372 e. The van der Waals surface area contributed by atoms with Crippen molar-refractivity contribution in [1.29, 1.82) is 0 Å². The minimum absolute atomic E-state index is 0.00110. The van der Waals surface area contributed by atoms with Crippen LogP contribution in [0.3, 0.4) is 0 Å². The van der Waals surface area contributed by atoms with Gasteiger partial charge in [0.2, 0.25) is 0 Å². The molecule has 3 aromatic carbocycles. The molecule has 1 N–H and O–H groups in total. The zero-order valence-corrected chi connectivity index (χ0v) is 17.3. The lowest BCUT2D eigenvalue weighted by Gasteiger charge is -2.14. The predicted molar refractivity (Wildman–Crippen MR) is 117 cm³/mol. The molecule has 0 fully saturated rings. The van der Waals surface area contributed by atoms with Gasteiger partial charge in [-0.05, 0) is 36.4 Å².